The van der Waals surface area contributed by atoms with Gasteiger partial charge < -0.3 is 4.90 Å². The maximum absolute atomic E-state index is 2.62. The maximum atomic E-state index is 2.62. The summed E-state index contributed by atoms with van der Waals surface area (Å²) in [6.07, 6.45) is 7.94. The molecule has 86 valence electrons. The Bertz CT molecular complexity index is 393. The fourth-order valence-electron chi connectivity index (χ4n) is 3.31. The summed E-state index contributed by atoms with van der Waals surface area (Å²) in [6.45, 7) is 4.77. The van der Waals surface area contributed by atoms with Crippen LogP contribution in [0.2, 0.25) is 0 Å². The number of hydrogen-bond acceptors (Lipinski definition) is 1. The molecule has 0 N–H and O–H groups in total. The van der Waals surface area contributed by atoms with Gasteiger partial charge in [-0.3, -0.25) is 0 Å². The molecule has 0 fully saturated rings. The average Bonchev–Trinajstić information content (AvgIpc) is 2.73. The molecule has 0 saturated carbocycles. The molecule has 1 aromatic carbocycles. The molecule has 0 bridgehead atoms. The minimum absolute atomic E-state index is 1.24. The average molecular weight is 215 g/mol. The highest BCUT2D eigenvalue weighted by Crippen LogP contribution is 2.37. The van der Waals surface area contributed by atoms with E-state index in [0.717, 1.165) is 0 Å². The molecule has 1 nitrogen and oxygen atoms in total. The van der Waals surface area contributed by atoms with E-state index >= 15 is 0 Å². The fraction of sp³-hybridized carbons (Fsp3) is 0.600. The summed E-state index contributed by atoms with van der Waals surface area (Å²) in [5, 5.41) is 0. The molecule has 16 heavy (non-hydrogen) atoms. The molecule has 0 amide bonds. The summed E-state index contributed by atoms with van der Waals surface area (Å²) in [5.74, 6) is 0. The lowest BCUT2D eigenvalue weighted by atomic mass is 9.88. The first-order valence-electron chi connectivity index (χ1n) is 6.78. The SMILES string of the molecule is CCCN1CCc2ccc3c(c21)CCCC3. The van der Waals surface area contributed by atoms with Crippen LogP contribution in [0.4, 0.5) is 5.69 Å². The topological polar surface area (TPSA) is 3.24 Å². The number of fused-ring (bicyclic) bond motifs is 3. The van der Waals surface area contributed by atoms with Gasteiger partial charge in [-0.2, -0.15) is 0 Å². The van der Waals surface area contributed by atoms with E-state index in [9.17, 15) is 0 Å². The zero-order valence-electron chi connectivity index (χ0n) is 10.3. The van der Waals surface area contributed by atoms with Crippen molar-refractivity contribution in [1.82, 2.24) is 0 Å². The first kappa shape index (κ1) is 10.2. The van der Waals surface area contributed by atoms with E-state index in [1.54, 1.807) is 22.4 Å². The quantitative estimate of drug-likeness (QED) is 0.731. The normalized spacial score (nSPS) is 18.4. The Labute approximate surface area is 98.5 Å². The molecule has 0 unspecified atom stereocenters. The molecule has 2 aliphatic rings. The molecule has 0 atom stereocenters. The van der Waals surface area contributed by atoms with Gasteiger partial charge in [0.15, 0.2) is 0 Å². The van der Waals surface area contributed by atoms with Crippen molar-refractivity contribution in [2.24, 2.45) is 0 Å². The van der Waals surface area contributed by atoms with Crippen LogP contribution >= 0.6 is 0 Å². The lowest BCUT2D eigenvalue weighted by molar-refractivity contribution is 0.682. The Morgan fingerprint density at radius 2 is 1.88 bits per heavy atom. The molecule has 0 radical (unpaired) electrons. The van der Waals surface area contributed by atoms with Crippen LogP contribution in [-0.2, 0) is 19.3 Å². The first-order chi connectivity index (χ1) is 7.90. The van der Waals surface area contributed by atoms with Gasteiger partial charge in [0.2, 0.25) is 0 Å². The molecule has 0 spiro atoms. The van der Waals surface area contributed by atoms with Gasteiger partial charge >= 0.3 is 0 Å². The van der Waals surface area contributed by atoms with E-state index < -0.39 is 0 Å². The van der Waals surface area contributed by atoms with Gasteiger partial charge in [-0.05, 0) is 55.2 Å². The Morgan fingerprint density at radius 1 is 1.06 bits per heavy atom. The lowest BCUT2D eigenvalue weighted by Crippen LogP contribution is -2.23. The predicted molar refractivity (Wildman–Crippen MR) is 69.3 cm³/mol. The molecule has 3 rings (SSSR count). The Morgan fingerprint density at radius 3 is 2.75 bits per heavy atom. The van der Waals surface area contributed by atoms with Gasteiger partial charge in [-0.25, -0.2) is 0 Å². The maximum Gasteiger partial charge on any atom is 0.0434 e. The highest BCUT2D eigenvalue weighted by Gasteiger charge is 2.24. The number of hydrogen-bond donors (Lipinski definition) is 0. The molecular formula is C15H21N. The van der Waals surface area contributed by atoms with E-state index in [1.807, 2.05) is 0 Å². The molecular weight excluding hydrogens is 194 g/mol. The van der Waals surface area contributed by atoms with Crippen LogP contribution in [0.1, 0.15) is 42.9 Å². The van der Waals surface area contributed by atoms with Gasteiger partial charge in [0, 0.05) is 18.8 Å². The van der Waals surface area contributed by atoms with Gasteiger partial charge in [-0.1, -0.05) is 19.1 Å². The van der Waals surface area contributed by atoms with E-state index in [0.29, 0.717) is 0 Å². The Balaban J connectivity index is 2.04. The van der Waals surface area contributed by atoms with Crippen molar-refractivity contribution in [3.63, 3.8) is 0 Å². The van der Waals surface area contributed by atoms with E-state index in [2.05, 4.69) is 24.0 Å². The minimum atomic E-state index is 1.24. The van der Waals surface area contributed by atoms with Gasteiger partial charge in [0.1, 0.15) is 0 Å². The van der Waals surface area contributed by atoms with Crippen LogP contribution in [0.15, 0.2) is 12.1 Å². The predicted octanol–water partition coefficient (Wildman–Crippen LogP) is 3.34. The largest absolute Gasteiger partial charge is 0.371 e. The van der Waals surface area contributed by atoms with Crippen LogP contribution in [0.25, 0.3) is 0 Å². The van der Waals surface area contributed by atoms with Crippen LogP contribution in [-0.4, -0.2) is 13.1 Å². The lowest BCUT2D eigenvalue weighted by Gasteiger charge is -2.26. The van der Waals surface area contributed by atoms with E-state index in [-0.39, 0.29) is 0 Å². The smallest absolute Gasteiger partial charge is 0.0434 e. The summed E-state index contributed by atoms with van der Waals surface area (Å²) in [7, 11) is 0. The van der Waals surface area contributed by atoms with Crippen molar-refractivity contribution in [2.75, 3.05) is 18.0 Å². The number of anilines is 1. The van der Waals surface area contributed by atoms with Crippen molar-refractivity contribution in [1.29, 1.82) is 0 Å². The summed E-state index contributed by atoms with van der Waals surface area (Å²) >= 11 is 0. The first-order valence-corrected chi connectivity index (χ1v) is 6.78. The summed E-state index contributed by atoms with van der Waals surface area (Å²) in [4.78, 5) is 2.62. The zero-order valence-corrected chi connectivity index (χ0v) is 10.3. The second-order valence-electron chi connectivity index (χ2n) is 5.16. The highest BCUT2D eigenvalue weighted by atomic mass is 15.1. The van der Waals surface area contributed by atoms with Crippen molar-refractivity contribution in [3.05, 3.63) is 28.8 Å². The van der Waals surface area contributed by atoms with Crippen molar-refractivity contribution >= 4 is 5.69 Å². The molecule has 0 aromatic heterocycles. The van der Waals surface area contributed by atoms with Crippen LogP contribution < -0.4 is 4.90 Å². The monoisotopic (exact) mass is 215 g/mol. The third kappa shape index (κ3) is 1.53. The molecule has 0 saturated heterocycles. The second kappa shape index (κ2) is 4.12. The van der Waals surface area contributed by atoms with E-state index in [1.165, 1.54) is 51.6 Å². The molecule has 1 aliphatic heterocycles. The third-order valence-corrected chi connectivity index (χ3v) is 4.05. The van der Waals surface area contributed by atoms with Crippen LogP contribution in [0.3, 0.4) is 0 Å². The Hall–Kier alpha value is -0.980. The van der Waals surface area contributed by atoms with Crippen LogP contribution in [0, 0.1) is 0 Å². The third-order valence-electron chi connectivity index (χ3n) is 4.05. The minimum Gasteiger partial charge on any atom is -0.371 e. The standard InChI is InChI=1S/C15H21N/c1-2-10-16-11-9-13-8-7-12-5-3-4-6-14(12)15(13)16/h7-8H,2-6,9-11H2,1H3. The van der Waals surface area contributed by atoms with Gasteiger partial charge in [0.25, 0.3) is 0 Å². The fourth-order valence-corrected chi connectivity index (χ4v) is 3.31. The second-order valence-corrected chi connectivity index (χ2v) is 5.16. The number of benzene rings is 1. The van der Waals surface area contributed by atoms with Crippen LogP contribution in [0.5, 0.6) is 0 Å². The van der Waals surface area contributed by atoms with Gasteiger partial charge in [-0.15, -0.1) is 0 Å². The van der Waals surface area contributed by atoms with E-state index in [4.69, 9.17) is 0 Å². The number of aryl methyl sites for hydroxylation is 1. The summed E-state index contributed by atoms with van der Waals surface area (Å²) < 4.78 is 0. The van der Waals surface area contributed by atoms with Crippen molar-refractivity contribution < 1.29 is 0 Å². The molecule has 1 heteroatoms. The highest BCUT2D eigenvalue weighted by molar-refractivity contribution is 5.66. The Kier molecular flexibility index (Phi) is 2.62. The molecule has 1 heterocycles. The molecule has 1 aliphatic carbocycles. The summed E-state index contributed by atoms with van der Waals surface area (Å²) in [6, 6.07) is 4.78. The number of nitrogens with zero attached hydrogens (tertiary/aromatic N) is 1. The summed E-state index contributed by atoms with van der Waals surface area (Å²) in [5.41, 5.74) is 6.55. The van der Waals surface area contributed by atoms with Crippen molar-refractivity contribution in [3.8, 4) is 0 Å². The van der Waals surface area contributed by atoms with Crippen molar-refractivity contribution in [2.45, 2.75) is 45.4 Å². The number of rotatable bonds is 2. The zero-order chi connectivity index (χ0) is 11.0. The van der Waals surface area contributed by atoms with Gasteiger partial charge in [0.05, 0.1) is 0 Å². The molecule has 1 aromatic rings.